The third-order valence-corrected chi connectivity index (χ3v) is 16.1. The lowest BCUT2D eigenvalue weighted by Crippen LogP contribution is -2.68. The second-order valence-corrected chi connectivity index (χ2v) is 20.3. The van der Waals surface area contributed by atoms with Crippen LogP contribution in [0.25, 0.3) is 0 Å². The summed E-state index contributed by atoms with van der Waals surface area (Å²) in [5.41, 5.74) is -3.65. The molecule has 2 aliphatic heterocycles. The Bertz CT molecular complexity index is 1390. The van der Waals surface area contributed by atoms with Crippen LogP contribution in [0.5, 0.6) is 0 Å². The maximum absolute atomic E-state index is 12.4. The van der Waals surface area contributed by atoms with Gasteiger partial charge in [-0.25, -0.2) is 0 Å². The fourth-order valence-corrected chi connectivity index (χ4v) is 13.0. The second kappa shape index (κ2) is 15.0. The van der Waals surface area contributed by atoms with Crippen LogP contribution < -0.4 is 0 Å². The summed E-state index contributed by atoms with van der Waals surface area (Å²) in [6.07, 6.45) is -7.91. The minimum absolute atomic E-state index is 0.0781. The normalized spacial score (nSPS) is 52.6. The molecule has 14 heteroatoms. The van der Waals surface area contributed by atoms with Crippen LogP contribution in [0.15, 0.2) is 12.2 Å². The summed E-state index contributed by atoms with van der Waals surface area (Å²) in [6.45, 7) is 15.5. The molecule has 14 nitrogen and oxygen atoms in total. The van der Waals surface area contributed by atoms with Crippen molar-refractivity contribution < 1.29 is 70.0 Å². The molecule has 6 rings (SSSR count). The van der Waals surface area contributed by atoms with Gasteiger partial charge < -0.3 is 70.0 Å². The van der Waals surface area contributed by atoms with Gasteiger partial charge in [-0.15, -0.1) is 0 Å². The number of aliphatic hydroxyl groups is 10. The molecule has 0 aromatic rings. The molecule has 0 bridgehead atoms. The molecule has 2 saturated heterocycles. The first-order valence-corrected chi connectivity index (χ1v) is 20.4. The molecule has 0 amide bonds. The maximum Gasteiger partial charge on any atom is 0.187 e. The van der Waals surface area contributed by atoms with Crippen LogP contribution >= 0.6 is 0 Å². The van der Waals surface area contributed by atoms with Gasteiger partial charge in [0.05, 0.1) is 42.7 Å². The molecule has 0 unspecified atom stereocenters. The van der Waals surface area contributed by atoms with Crippen LogP contribution in [0.2, 0.25) is 0 Å². The van der Waals surface area contributed by atoms with Crippen molar-refractivity contribution in [1.29, 1.82) is 0 Å². The highest BCUT2D eigenvalue weighted by atomic mass is 16.7. The van der Waals surface area contributed by atoms with Crippen LogP contribution in [0.1, 0.15) is 100 Å². The number of aliphatic hydroxyl groups excluding tert-OH is 9. The van der Waals surface area contributed by atoms with Gasteiger partial charge in [-0.2, -0.15) is 0 Å². The van der Waals surface area contributed by atoms with Gasteiger partial charge in [0.15, 0.2) is 12.6 Å². The predicted octanol–water partition coefficient (Wildman–Crippen LogP) is 0.730. The molecule has 6 fully saturated rings. The van der Waals surface area contributed by atoms with Crippen molar-refractivity contribution >= 4 is 0 Å². The zero-order valence-electron chi connectivity index (χ0n) is 33.9. The summed E-state index contributed by atoms with van der Waals surface area (Å²) >= 11 is 0. The van der Waals surface area contributed by atoms with Crippen molar-refractivity contribution in [2.75, 3.05) is 13.2 Å². The molecule has 0 spiro atoms. The Kier molecular flexibility index (Phi) is 11.9. The highest BCUT2D eigenvalue weighted by Crippen LogP contribution is 2.76. The first-order chi connectivity index (χ1) is 25.3. The Morgan fingerprint density at radius 3 is 2.02 bits per heavy atom. The van der Waals surface area contributed by atoms with Crippen LogP contribution in [-0.4, -0.2) is 149 Å². The molecule has 4 saturated carbocycles. The number of rotatable bonds is 9. The van der Waals surface area contributed by atoms with E-state index in [9.17, 15) is 51.1 Å². The van der Waals surface area contributed by atoms with E-state index in [1.165, 1.54) is 0 Å². The van der Waals surface area contributed by atoms with Gasteiger partial charge >= 0.3 is 0 Å². The molecule has 55 heavy (non-hydrogen) atoms. The average molecular weight is 787 g/mol. The van der Waals surface area contributed by atoms with E-state index < -0.39 is 96.8 Å². The molecule has 0 radical (unpaired) electrons. The number of hydrogen-bond acceptors (Lipinski definition) is 14. The first kappa shape index (κ1) is 43.8. The third-order valence-electron chi connectivity index (χ3n) is 16.1. The molecule has 2 heterocycles. The van der Waals surface area contributed by atoms with Crippen molar-refractivity contribution in [2.24, 2.45) is 45.3 Å². The van der Waals surface area contributed by atoms with Gasteiger partial charge in [0.25, 0.3) is 0 Å². The minimum Gasteiger partial charge on any atom is -0.393 e. The zero-order chi connectivity index (χ0) is 40.8. The standard InChI is InChI=1S/C41H70O14/c1-36(2,51)12-9-13-41(8,55-35-32(49)30(47)29(46)24(54-35)19-53-34-31(48)28(45)23(44)18-52-34)20-10-14-40(7)27(20)21(42)16-26-38(5)17-22(43)33(50)37(3,4)25(38)11-15-39(26,40)6/h9,12,20-35,42-51H,10-11,13-19H2,1-8H3/b12-9+/t20-,21+,22-,23-,24-,25+,26-,27-,28+,29-,30+,31+,32+,33+,34-,35+,38+,39-,40-,41+/m1/s1. The van der Waals surface area contributed by atoms with E-state index in [2.05, 4.69) is 34.6 Å². The number of hydrogen-bond donors (Lipinski definition) is 10. The Balaban J connectivity index is 1.28. The fraction of sp³-hybridized carbons (Fsp3) is 0.951. The first-order valence-electron chi connectivity index (χ1n) is 20.4. The summed E-state index contributed by atoms with van der Waals surface area (Å²) < 4.78 is 23.9. The summed E-state index contributed by atoms with van der Waals surface area (Å²) in [5.74, 6) is -0.279. The van der Waals surface area contributed by atoms with Crippen molar-refractivity contribution in [3.8, 4) is 0 Å². The number of fused-ring (bicyclic) bond motifs is 5. The third kappa shape index (κ3) is 7.30. The van der Waals surface area contributed by atoms with E-state index in [1.807, 2.05) is 13.0 Å². The summed E-state index contributed by atoms with van der Waals surface area (Å²) in [4.78, 5) is 0. The SMILES string of the molecule is CC(C)(O)/C=C/C[C@](C)(O[C@@H]1O[C@H](CO[C@H]2OC[C@@H](O)[C@H](O)[C@@H]2O)[C@@H](O)[C@H](O)[C@@H]1O)[C@@H]1CC[C@]2(C)[C@H]1[C@@H](O)C[C@@H]1[C@@]3(C)C[C@@H](O)[C@H](O)C(C)(C)[C@@H]3CC[C@]12C. The van der Waals surface area contributed by atoms with Crippen molar-refractivity contribution in [3.63, 3.8) is 0 Å². The Labute approximate surface area is 325 Å². The maximum atomic E-state index is 12.4. The van der Waals surface area contributed by atoms with E-state index in [-0.39, 0.29) is 52.9 Å². The molecule has 4 aliphatic carbocycles. The molecule has 6 aliphatic rings. The Morgan fingerprint density at radius 1 is 0.727 bits per heavy atom. The molecular formula is C41H70O14. The van der Waals surface area contributed by atoms with Crippen LogP contribution in [0.3, 0.4) is 0 Å². The van der Waals surface area contributed by atoms with Crippen LogP contribution in [0, 0.1) is 45.3 Å². The van der Waals surface area contributed by atoms with Gasteiger partial charge in [-0.1, -0.05) is 46.8 Å². The van der Waals surface area contributed by atoms with Gasteiger partial charge in [-0.3, -0.25) is 0 Å². The van der Waals surface area contributed by atoms with E-state index >= 15 is 0 Å². The largest absolute Gasteiger partial charge is 0.393 e. The molecule has 318 valence electrons. The number of ether oxygens (including phenoxy) is 4. The average Bonchev–Trinajstić information content (AvgIpc) is 3.48. The highest BCUT2D eigenvalue weighted by molar-refractivity contribution is 5.21. The highest BCUT2D eigenvalue weighted by Gasteiger charge is 2.72. The van der Waals surface area contributed by atoms with E-state index in [0.29, 0.717) is 19.3 Å². The smallest absolute Gasteiger partial charge is 0.187 e. The molecular weight excluding hydrogens is 716 g/mol. The van der Waals surface area contributed by atoms with E-state index in [0.717, 1.165) is 19.3 Å². The summed E-state index contributed by atoms with van der Waals surface area (Å²) in [5, 5.41) is 109. The Morgan fingerprint density at radius 2 is 1.36 bits per heavy atom. The quantitative estimate of drug-likeness (QED) is 0.145. The Hall–Kier alpha value is -0.820. The van der Waals surface area contributed by atoms with Gasteiger partial charge in [-0.05, 0) is 111 Å². The van der Waals surface area contributed by atoms with Crippen LogP contribution in [0.4, 0.5) is 0 Å². The van der Waals surface area contributed by atoms with Crippen molar-refractivity contribution in [2.45, 2.75) is 185 Å². The molecule has 0 aromatic heterocycles. The zero-order valence-corrected chi connectivity index (χ0v) is 33.9. The monoisotopic (exact) mass is 786 g/mol. The van der Waals surface area contributed by atoms with Gasteiger partial charge in [0.2, 0.25) is 0 Å². The summed E-state index contributed by atoms with van der Waals surface area (Å²) in [7, 11) is 0. The predicted molar refractivity (Wildman–Crippen MR) is 198 cm³/mol. The molecule has 10 N–H and O–H groups in total. The van der Waals surface area contributed by atoms with Crippen molar-refractivity contribution in [1.82, 2.24) is 0 Å². The molecule has 20 atom stereocenters. The van der Waals surface area contributed by atoms with E-state index in [1.54, 1.807) is 19.9 Å². The van der Waals surface area contributed by atoms with Crippen molar-refractivity contribution in [3.05, 3.63) is 12.2 Å². The second-order valence-electron chi connectivity index (χ2n) is 20.3. The van der Waals surface area contributed by atoms with Crippen LogP contribution in [-0.2, 0) is 18.9 Å². The lowest BCUT2D eigenvalue weighted by atomic mass is 9.35. The molecule has 0 aromatic carbocycles. The lowest BCUT2D eigenvalue weighted by Gasteiger charge is -2.71. The van der Waals surface area contributed by atoms with Gasteiger partial charge in [0.1, 0.15) is 42.7 Å². The topological polar surface area (TPSA) is 239 Å². The van der Waals surface area contributed by atoms with E-state index in [4.69, 9.17) is 18.9 Å². The fourth-order valence-electron chi connectivity index (χ4n) is 13.0. The minimum atomic E-state index is -1.70. The summed E-state index contributed by atoms with van der Waals surface area (Å²) in [6, 6.07) is 0. The lowest BCUT2D eigenvalue weighted by molar-refractivity contribution is -0.345. The van der Waals surface area contributed by atoms with Gasteiger partial charge in [0, 0.05) is 0 Å².